The summed E-state index contributed by atoms with van der Waals surface area (Å²) in [5, 5.41) is 4.74. The lowest BCUT2D eigenvalue weighted by molar-refractivity contribution is 0.0615. The fourth-order valence-corrected chi connectivity index (χ4v) is 1.93. The van der Waals surface area contributed by atoms with Crippen LogP contribution in [0.5, 0.6) is 0 Å². The summed E-state index contributed by atoms with van der Waals surface area (Å²) in [7, 11) is -3.43. The van der Waals surface area contributed by atoms with Crippen molar-refractivity contribution in [3.05, 3.63) is 29.3 Å². The Balaban J connectivity index is 3.31. The lowest BCUT2D eigenvalue weighted by Gasteiger charge is -2.17. The van der Waals surface area contributed by atoms with E-state index < -0.39 is 51.0 Å². The number of halogens is 4. The van der Waals surface area contributed by atoms with Gasteiger partial charge >= 0.3 is 0 Å². The van der Waals surface area contributed by atoms with Gasteiger partial charge in [-0.1, -0.05) is 0 Å². The molecule has 0 saturated carbocycles. The molecule has 0 radical (unpaired) electrons. The van der Waals surface area contributed by atoms with Crippen molar-refractivity contribution >= 4 is 15.9 Å². The molecule has 0 aliphatic carbocycles. The van der Waals surface area contributed by atoms with Crippen molar-refractivity contribution in [2.45, 2.75) is 11.3 Å². The van der Waals surface area contributed by atoms with Crippen molar-refractivity contribution < 1.29 is 30.8 Å². The zero-order chi connectivity index (χ0) is 15.7. The highest BCUT2D eigenvalue weighted by molar-refractivity contribution is 7.89. The van der Waals surface area contributed by atoms with Gasteiger partial charge in [-0.15, -0.1) is 0 Å². The molecule has 0 aliphatic heterocycles. The van der Waals surface area contributed by atoms with Crippen LogP contribution in [-0.4, -0.2) is 39.2 Å². The van der Waals surface area contributed by atoms with E-state index in [9.17, 15) is 30.8 Å². The van der Waals surface area contributed by atoms with Crippen LogP contribution in [0, 0.1) is 11.6 Å². The Morgan fingerprint density at radius 1 is 1.35 bits per heavy atom. The predicted molar refractivity (Wildman–Crippen MR) is 60.7 cm³/mol. The van der Waals surface area contributed by atoms with E-state index in [-0.39, 0.29) is 0 Å². The molecular formula is C10H10F4N2O3S. The van der Waals surface area contributed by atoms with Gasteiger partial charge in [-0.05, 0) is 12.1 Å². The summed E-state index contributed by atoms with van der Waals surface area (Å²) in [6, 6.07) is 0.798. The maximum Gasteiger partial charge on any atom is 0.256 e. The fourth-order valence-electron chi connectivity index (χ4n) is 1.38. The summed E-state index contributed by atoms with van der Waals surface area (Å²) >= 11 is 0. The van der Waals surface area contributed by atoms with Gasteiger partial charge in [0.1, 0.15) is 0 Å². The molecule has 0 saturated heterocycles. The molecule has 0 fully saturated rings. The van der Waals surface area contributed by atoms with E-state index in [0.29, 0.717) is 17.0 Å². The van der Waals surface area contributed by atoms with Crippen molar-refractivity contribution in [2.75, 3.05) is 13.6 Å². The maximum absolute atomic E-state index is 13.5. The first kappa shape index (κ1) is 16.4. The number of alkyl halides is 2. The summed E-state index contributed by atoms with van der Waals surface area (Å²) in [5.41, 5.74) is -0.989. The van der Waals surface area contributed by atoms with E-state index >= 15 is 0 Å². The van der Waals surface area contributed by atoms with Gasteiger partial charge in [-0.25, -0.2) is 31.1 Å². The second-order valence-corrected chi connectivity index (χ2v) is 5.45. The van der Waals surface area contributed by atoms with E-state index in [1.54, 1.807) is 0 Å². The number of hydrogen-bond donors (Lipinski definition) is 1. The molecule has 5 nitrogen and oxygen atoms in total. The SMILES string of the molecule is CN(CC(F)F)C(=O)c1cc(S(N)(=O)=O)cc(F)c1F. The molecule has 0 heterocycles. The monoisotopic (exact) mass is 314 g/mol. The van der Waals surface area contributed by atoms with Gasteiger partial charge in [-0.3, -0.25) is 4.79 Å². The number of hydrogen-bond acceptors (Lipinski definition) is 3. The van der Waals surface area contributed by atoms with Crippen LogP contribution in [0.15, 0.2) is 17.0 Å². The van der Waals surface area contributed by atoms with Crippen LogP contribution in [0.4, 0.5) is 17.6 Å². The van der Waals surface area contributed by atoms with Crippen LogP contribution in [0.25, 0.3) is 0 Å². The largest absolute Gasteiger partial charge is 0.336 e. The molecule has 1 rings (SSSR count). The third kappa shape index (κ3) is 3.67. The van der Waals surface area contributed by atoms with Crippen molar-refractivity contribution in [1.82, 2.24) is 4.90 Å². The molecule has 0 spiro atoms. The average molecular weight is 314 g/mol. The lowest BCUT2D eigenvalue weighted by atomic mass is 10.2. The highest BCUT2D eigenvalue weighted by Crippen LogP contribution is 2.19. The van der Waals surface area contributed by atoms with E-state index in [2.05, 4.69) is 0 Å². The summed E-state index contributed by atoms with van der Waals surface area (Å²) in [4.78, 5) is 11.3. The first-order chi connectivity index (χ1) is 9.04. The molecule has 0 aliphatic rings. The van der Waals surface area contributed by atoms with Gasteiger partial charge in [0, 0.05) is 7.05 Å². The van der Waals surface area contributed by atoms with Crippen LogP contribution in [0.1, 0.15) is 10.4 Å². The van der Waals surface area contributed by atoms with Crippen LogP contribution >= 0.6 is 0 Å². The van der Waals surface area contributed by atoms with Crippen LogP contribution in [-0.2, 0) is 10.0 Å². The minimum absolute atomic E-state index is 0.300. The predicted octanol–water partition coefficient (Wildman–Crippen LogP) is 0.949. The molecule has 2 N–H and O–H groups in total. The smallest absolute Gasteiger partial charge is 0.256 e. The number of rotatable bonds is 4. The van der Waals surface area contributed by atoms with Gasteiger partial charge in [0.05, 0.1) is 17.0 Å². The molecule has 0 atom stereocenters. The number of sulfonamides is 1. The van der Waals surface area contributed by atoms with Crippen LogP contribution in [0.2, 0.25) is 0 Å². The number of nitrogens with two attached hydrogens (primary N) is 1. The van der Waals surface area contributed by atoms with Crippen molar-refractivity contribution in [3.63, 3.8) is 0 Å². The minimum Gasteiger partial charge on any atom is -0.336 e. The molecule has 20 heavy (non-hydrogen) atoms. The third-order valence-electron chi connectivity index (χ3n) is 2.32. The number of benzene rings is 1. The number of nitrogens with zero attached hydrogens (tertiary/aromatic N) is 1. The Labute approximate surface area is 112 Å². The van der Waals surface area contributed by atoms with Crippen molar-refractivity contribution in [2.24, 2.45) is 5.14 Å². The Bertz CT molecular complexity index is 634. The maximum atomic E-state index is 13.5. The number of amides is 1. The fraction of sp³-hybridized carbons (Fsp3) is 0.300. The summed E-state index contributed by atoms with van der Waals surface area (Å²) in [6.07, 6.45) is -2.88. The molecule has 10 heteroatoms. The summed E-state index contributed by atoms with van der Waals surface area (Å²) < 4.78 is 73.1. The second kappa shape index (κ2) is 5.75. The highest BCUT2D eigenvalue weighted by atomic mass is 32.2. The molecule has 0 unspecified atom stereocenters. The zero-order valence-corrected chi connectivity index (χ0v) is 10.9. The molecule has 0 bridgehead atoms. The van der Waals surface area contributed by atoms with Crippen molar-refractivity contribution in [3.8, 4) is 0 Å². The van der Waals surface area contributed by atoms with Gasteiger partial charge < -0.3 is 4.90 Å². The summed E-state index contributed by atoms with van der Waals surface area (Å²) in [5.74, 6) is -4.54. The van der Waals surface area contributed by atoms with Gasteiger partial charge in [0.25, 0.3) is 12.3 Å². The number of primary sulfonamides is 1. The third-order valence-corrected chi connectivity index (χ3v) is 3.21. The number of carbonyl (C=O) groups excluding carboxylic acids is 1. The van der Waals surface area contributed by atoms with Gasteiger partial charge in [0.15, 0.2) is 11.6 Å². The quantitative estimate of drug-likeness (QED) is 0.840. The molecule has 1 amide bonds. The normalized spacial score (nSPS) is 11.8. The standard InChI is InChI=1S/C10H10F4N2O3S/c1-16(4-8(12)13)10(17)6-2-5(20(15,18)19)3-7(11)9(6)14/h2-3,8H,4H2,1H3,(H2,15,18,19). The second-order valence-electron chi connectivity index (χ2n) is 3.89. The molecule has 112 valence electrons. The Morgan fingerprint density at radius 2 is 1.90 bits per heavy atom. The first-order valence-electron chi connectivity index (χ1n) is 5.09. The van der Waals surface area contributed by atoms with Crippen LogP contribution in [0.3, 0.4) is 0 Å². The topological polar surface area (TPSA) is 80.5 Å². The zero-order valence-electron chi connectivity index (χ0n) is 10.1. The first-order valence-corrected chi connectivity index (χ1v) is 6.64. The summed E-state index contributed by atoms with van der Waals surface area (Å²) in [6.45, 7) is -1.01. The van der Waals surface area contributed by atoms with E-state index in [0.717, 1.165) is 7.05 Å². The molecule has 1 aromatic rings. The Kier molecular flexibility index (Phi) is 4.71. The number of carbonyl (C=O) groups is 1. The average Bonchev–Trinajstić information content (AvgIpc) is 2.29. The molecular weight excluding hydrogens is 304 g/mol. The lowest BCUT2D eigenvalue weighted by Crippen LogP contribution is -2.32. The van der Waals surface area contributed by atoms with Gasteiger partial charge in [0.2, 0.25) is 10.0 Å². The van der Waals surface area contributed by atoms with E-state index in [1.165, 1.54) is 0 Å². The van der Waals surface area contributed by atoms with Crippen molar-refractivity contribution in [1.29, 1.82) is 0 Å². The molecule has 0 aromatic heterocycles. The molecule has 1 aromatic carbocycles. The van der Waals surface area contributed by atoms with Gasteiger partial charge in [-0.2, -0.15) is 0 Å². The Hall–Kier alpha value is -1.68. The van der Waals surface area contributed by atoms with E-state index in [4.69, 9.17) is 5.14 Å². The highest BCUT2D eigenvalue weighted by Gasteiger charge is 2.24. The minimum atomic E-state index is -4.37. The Morgan fingerprint density at radius 3 is 2.35 bits per heavy atom. The van der Waals surface area contributed by atoms with Crippen LogP contribution < -0.4 is 5.14 Å². The van der Waals surface area contributed by atoms with E-state index in [1.807, 2.05) is 0 Å².